The summed E-state index contributed by atoms with van der Waals surface area (Å²) < 4.78 is 5.88. The molecule has 3 nitrogen and oxygen atoms in total. The second-order valence-corrected chi connectivity index (χ2v) is 6.23. The average Bonchev–Trinajstić information content (AvgIpc) is 3.12. The zero-order valence-electron chi connectivity index (χ0n) is 14.3. The highest BCUT2D eigenvalue weighted by Gasteiger charge is 2.13. The molecule has 1 N–H and O–H groups in total. The van der Waals surface area contributed by atoms with Crippen molar-refractivity contribution >= 4 is 16.7 Å². The minimum atomic E-state index is -0.0306. The molecule has 3 heteroatoms. The molecular weight excluding hydrogens is 322 g/mol. The Kier molecular flexibility index (Phi) is 4.52. The molecule has 26 heavy (non-hydrogen) atoms. The molecule has 1 aromatic heterocycles. The Morgan fingerprint density at radius 3 is 2.46 bits per heavy atom. The van der Waals surface area contributed by atoms with E-state index in [0.29, 0.717) is 5.56 Å². The molecule has 0 aliphatic carbocycles. The molecule has 0 bridgehead atoms. The number of rotatable bonds is 6. The number of fused-ring (bicyclic) bond motifs is 1. The van der Waals surface area contributed by atoms with Crippen LogP contribution in [0.2, 0.25) is 0 Å². The number of ketones is 1. The molecule has 0 saturated carbocycles. The van der Waals surface area contributed by atoms with Crippen molar-refractivity contribution in [3.05, 3.63) is 102 Å². The lowest BCUT2D eigenvalue weighted by molar-refractivity contribution is 0.0922. The summed E-state index contributed by atoms with van der Waals surface area (Å²) in [6, 6.07) is 25.9. The van der Waals surface area contributed by atoms with Gasteiger partial charge >= 0.3 is 0 Å². The van der Waals surface area contributed by atoms with Crippen LogP contribution in [-0.4, -0.2) is 17.4 Å². The van der Waals surface area contributed by atoms with Gasteiger partial charge in [0.1, 0.15) is 5.75 Å². The minimum Gasteiger partial charge on any atom is -0.485 e. The number of nitrogens with one attached hydrogen (secondary N) is 1. The smallest absolute Gasteiger partial charge is 0.202 e. The number of carbonyl (C=O) groups excluding carboxylic acids is 1. The zero-order valence-corrected chi connectivity index (χ0v) is 14.3. The van der Waals surface area contributed by atoms with E-state index in [1.807, 2.05) is 66.7 Å². The van der Waals surface area contributed by atoms with Gasteiger partial charge in [0, 0.05) is 29.1 Å². The van der Waals surface area contributed by atoms with Gasteiger partial charge in [-0.3, -0.25) is 4.79 Å². The van der Waals surface area contributed by atoms with Crippen LogP contribution in [0.1, 0.15) is 21.5 Å². The van der Waals surface area contributed by atoms with Crippen LogP contribution < -0.4 is 4.74 Å². The van der Waals surface area contributed by atoms with E-state index in [1.54, 1.807) is 6.20 Å². The van der Waals surface area contributed by atoms with Gasteiger partial charge in [-0.25, -0.2) is 0 Å². The topological polar surface area (TPSA) is 42.1 Å². The van der Waals surface area contributed by atoms with E-state index >= 15 is 0 Å². The molecule has 3 aromatic carbocycles. The number of para-hydroxylation sites is 2. The predicted molar refractivity (Wildman–Crippen MR) is 104 cm³/mol. The van der Waals surface area contributed by atoms with Crippen LogP contribution in [0, 0.1) is 0 Å². The standard InChI is InChI=1S/C23H19NO2/c25-22(20-15-24-21-12-6-5-11-19(20)21)16-26-23-13-7-4-10-18(23)14-17-8-2-1-3-9-17/h1-13,15,24H,14,16H2. The van der Waals surface area contributed by atoms with E-state index in [0.717, 1.165) is 28.6 Å². The van der Waals surface area contributed by atoms with Crippen molar-refractivity contribution in [2.45, 2.75) is 6.42 Å². The van der Waals surface area contributed by atoms with Crippen LogP contribution in [0.4, 0.5) is 0 Å². The maximum atomic E-state index is 12.6. The highest BCUT2D eigenvalue weighted by Crippen LogP contribution is 2.23. The summed E-state index contributed by atoms with van der Waals surface area (Å²) in [6.45, 7) is 0.0215. The van der Waals surface area contributed by atoms with Crippen molar-refractivity contribution in [2.24, 2.45) is 0 Å². The molecule has 4 rings (SSSR count). The number of hydrogen-bond donors (Lipinski definition) is 1. The van der Waals surface area contributed by atoms with Crippen LogP contribution in [0.15, 0.2) is 85.1 Å². The minimum absolute atomic E-state index is 0.0215. The van der Waals surface area contributed by atoms with E-state index in [4.69, 9.17) is 4.74 Å². The fourth-order valence-electron chi connectivity index (χ4n) is 3.13. The summed E-state index contributed by atoms with van der Waals surface area (Å²) in [4.78, 5) is 15.8. The van der Waals surface area contributed by atoms with Crippen LogP contribution in [-0.2, 0) is 6.42 Å². The van der Waals surface area contributed by atoms with Gasteiger partial charge in [-0.1, -0.05) is 66.7 Å². The van der Waals surface area contributed by atoms with Crippen LogP contribution in [0.5, 0.6) is 5.75 Å². The normalized spacial score (nSPS) is 10.8. The van der Waals surface area contributed by atoms with E-state index in [-0.39, 0.29) is 12.4 Å². The lowest BCUT2D eigenvalue weighted by Crippen LogP contribution is -2.12. The molecule has 0 aliphatic heterocycles. The predicted octanol–water partition coefficient (Wildman–Crippen LogP) is 5.02. The van der Waals surface area contributed by atoms with Crippen molar-refractivity contribution in [3.8, 4) is 5.75 Å². The number of benzene rings is 3. The van der Waals surface area contributed by atoms with E-state index in [9.17, 15) is 4.79 Å². The highest BCUT2D eigenvalue weighted by molar-refractivity contribution is 6.08. The molecule has 0 saturated heterocycles. The number of H-pyrrole nitrogens is 1. The molecule has 1 heterocycles. The lowest BCUT2D eigenvalue weighted by Gasteiger charge is -2.11. The van der Waals surface area contributed by atoms with Crippen LogP contribution in [0.3, 0.4) is 0 Å². The van der Waals surface area contributed by atoms with Gasteiger partial charge in [-0.15, -0.1) is 0 Å². The first kappa shape index (κ1) is 16.2. The Morgan fingerprint density at radius 1 is 0.846 bits per heavy atom. The Labute approximate surface area is 152 Å². The van der Waals surface area contributed by atoms with Gasteiger partial charge < -0.3 is 9.72 Å². The van der Waals surface area contributed by atoms with Gasteiger partial charge in [0.2, 0.25) is 5.78 Å². The van der Waals surface area contributed by atoms with E-state index < -0.39 is 0 Å². The number of aromatic nitrogens is 1. The Bertz CT molecular complexity index is 1030. The first-order valence-electron chi connectivity index (χ1n) is 8.65. The zero-order chi connectivity index (χ0) is 17.8. The molecular formula is C23H19NO2. The molecule has 0 fully saturated rings. The number of aromatic amines is 1. The van der Waals surface area contributed by atoms with Gasteiger partial charge in [-0.05, 0) is 23.3 Å². The molecule has 128 valence electrons. The van der Waals surface area contributed by atoms with Crippen molar-refractivity contribution in [2.75, 3.05) is 6.61 Å². The monoisotopic (exact) mass is 341 g/mol. The second kappa shape index (κ2) is 7.28. The molecule has 0 amide bonds. The number of ether oxygens (including phenoxy) is 1. The maximum Gasteiger partial charge on any atom is 0.202 e. The summed E-state index contributed by atoms with van der Waals surface area (Å²) in [5.41, 5.74) is 3.92. The number of hydrogen-bond acceptors (Lipinski definition) is 2. The Balaban J connectivity index is 1.50. The summed E-state index contributed by atoms with van der Waals surface area (Å²) >= 11 is 0. The Morgan fingerprint density at radius 2 is 1.58 bits per heavy atom. The van der Waals surface area contributed by atoms with E-state index in [1.165, 1.54) is 5.56 Å². The molecule has 0 unspecified atom stereocenters. The van der Waals surface area contributed by atoms with Crippen molar-refractivity contribution in [1.29, 1.82) is 0 Å². The third-order valence-electron chi connectivity index (χ3n) is 4.46. The second-order valence-electron chi connectivity index (χ2n) is 6.23. The first-order chi connectivity index (χ1) is 12.8. The quantitative estimate of drug-likeness (QED) is 0.500. The van der Waals surface area contributed by atoms with Crippen molar-refractivity contribution in [1.82, 2.24) is 4.98 Å². The number of Topliss-reactive ketones (excluding diaryl/α,β-unsaturated/α-hetero) is 1. The number of carbonyl (C=O) groups is 1. The Hall–Kier alpha value is -3.33. The fraction of sp³-hybridized carbons (Fsp3) is 0.0870. The van der Waals surface area contributed by atoms with Gasteiger partial charge in [0.05, 0.1) is 0 Å². The molecule has 4 aromatic rings. The maximum absolute atomic E-state index is 12.6. The highest BCUT2D eigenvalue weighted by atomic mass is 16.5. The molecule has 0 spiro atoms. The SMILES string of the molecule is O=C(COc1ccccc1Cc1ccccc1)c1c[nH]c2ccccc12. The summed E-state index contributed by atoms with van der Waals surface area (Å²) in [5.74, 6) is 0.724. The summed E-state index contributed by atoms with van der Waals surface area (Å²) in [5, 5.41) is 0.929. The molecule has 0 atom stereocenters. The average molecular weight is 341 g/mol. The summed E-state index contributed by atoms with van der Waals surface area (Å²) in [6.07, 6.45) is 2.53. The van der Waals surface area contributed by atoms with Crippen LogP contribution in [0.25, 0.3) is 10.9 Å². The van der Waals surface area contributed by atoms with Gasteiger partial charge in [0.15, 0.2) is 6.61 Å². The van der Waals surface area contributed by atoms with E-state index in [2.05, 4.69) is 17.1 Å². The molecule has 0 aliphatic rings. The van der Waals surface area contributed by atoms with Gasteiger partial charge in [0.25, 0.3) is 0 Å². The third-order valence-corrected chi connectivity index (χ3v) is 4.46. The fourth-order valence-corrected chi connectivity index (χ4v) is 3.13. The molecule has 0 radical (unpaired) electrons. The third kappa shape index (κ3) is 3.38. The summed E-state index contributed by atoms with van der Waals surface area (Å²) in [7, 11) is 0. The van der Waals surface area contributed by atoms with Crippen molar-refractivity contribution in [3.63, 3.8) is 0 Å². The van der Waals surface area contributed by atoms with Gasteiger partial charge in [-0.2, -0.15) is 0 Å². The largest absolute Gasteiger partial charge is 0.485 e. The van der Waals surface area contributed by atoms with Crippen LogP contribution >= 0.6 is 0 Å². The van der Waals surface area contributed by atoms with Crippen molar-refractivity contribution < 1.29 is 9.53 Å². The lowest BCUT2D eigenvalue weighted by atomic mass is 10.0. The first-order valence-corrected chi connectivity index (χ1v) is 8.65.